The van der Waals surface area contributed by atoms with Crippen LogP contribution in [-0.4, -0.2) is 39.0 Å². The summed E-state index contributed by atoms with van der Waals surface area (Å²) in [5, 5.41) is 3.33. The minimum atomic E-state index is 0.245. The van der Waals surface area contributed by atoms with Gasteiger partial charge in [0, 0.05) is 13.2 Å². The van der Waals surface area contributed by atoms with Gasteiger partial charge in [-0.15, -0.1) is 0 Å². The molecule has 5 atom stereocenters. The highest BCUT2D eigenvalue weighted by Crippen LogP contribution is 2.30. The summed E-state index contributed by atoms with van der Waals surface area (Å²) in [7, 11) is 3.74. The fourth-order valence-electron chi connectivity index (χ4n) is 2.43. The van der Waals surface area contributed by atoms with Crippen molar-refractivity contribution in [3.8, 4) is 0 Å². The van der Waals surface area contributed by atoms with Crippen LogP contribution in [0.4, 0.5) is 0 Å². The van der Waals surface area contributed by atoms with Gasteiger partial charge in [-0.2, -0.15) is 0 Å². The summed E-state index contributed by atoms with van der Waals surface area (Å²) in [6.45, 7) is 7.36. The van der Waals surface area contributed by atoms with Crippen molar-refractivity contribution >= 4 is 0 Å². The van der Waals surface area contributed by atoms with Crippen molar-refractivity contribution in [3.05, 3.63) is 0 Å². The van der Waals surface area contributed by atoms with Crippen molar-refractivity contribution in [1.82, 2.24) is 5.32 Å². The van der Waals surface area contributed by atoms with Crippen molar-refractivity contribution in [3.63, 3.8) is 0 Å². The Hall–Kier alpha value is -0.120. The SMILES string of the molecule is CNC1[C@H](C)OC(COC)[C@@H](C)[C@@H]1C. The van der Waals surface area contributed by atoms with Crippen LogP contribution in [-0.2, 0) is 9.47 Å². The fraction of sp³-hybridized carbons (Fsp3) is 1.00. The number of rotatable bonds is 3. The van der Waals surface area contributed by atoms with Crippen LogP contribution < -0.4 is 5.32 Å². The lowest BCUT2D eigenvalue weighted by molar-refractivity contribution is -0.133. The van der Waals surface area contributed by atoms with Crippen LogP contribution in [0, 0.1) is 11.8 Å². The quantitative estimate of drug-likeness (QED) is 0.746. The van der Waals surface area contributed by atoms with Gasteiger partial charge in [0.15, 0.2) is 0 Å². The minimum absolute atomic E-state index is 0.245. The summed E-state index contributed by atoms with van der Waals surface area (Å²) < 4.78 is 11.1. The normalized spacial score (nSPS) is 43.9. The van der Waals surface area contributed by atoms with Gasteiger partial charge in [-0.3, -0.25) is 0 Å². The molecule has 14 heavy (non-hydrogen) atoms. The molecule has 0 saturated carbocycles. The van der Waals surface area contributed by atoms with Gasteiger partial charge in [-0.05, 0) is 25.8 Å². The Kier molecular flexibility index (Phi) is 4.35. The molecule has 0 aromatic rings. The molecule has 1 aliphatic heterocycles. The first kappa shape index (κ1) is 12.0. The van der Waals surface area contributed by atoms with Gasteiger partial charge in [0.2, 0.25) is 0 Å². The summed E-state index contributed by atoms with van der Waals surface area (Å²) >= 11 is 0. The van der Waals surface area contributed by atoms with Crippen molar-refractivity contribution < 1.29 is 9.47 Å². The second-order valence-corrected chi connectivity index (χ2v) is 4.37. The predicted octanol–water partition coefficient (Wildman–Crippen LogP) is 1.28. The van der Waals surface area contributed by atoms with Crippen LogP contribution >= 0.6 is 0 Å². The van der Waals surface area contributed by atoms with E-state index in [2.05, 4.69) is 26.1 Å². The third-order valence-corrected chi connectivity index (χ3v) is 3.54. The van der Waals surface area contributed by atoms with Crippen molar-refractivity contribution in [2.75, 3.05) is 20.8 Å². The molecule has 3 nitrogen and oxygen atoms in total. The maximum Gasteiger partial charge on any atom is 0.0841 e. The first-order valence-electron chi connectivity index (χ1n) is 5.43. The van der Waals surface area contributed by atoms with Gasteiger partial charge in [0.25, 0.3) is 0 Å². The van der Waals surface area contributed by atoms with Crippen molar-refractivity contribution in [2.24, 2.45) is 11.8 Å². The molecule has 1 rings (SSSR count). The van der Waals surface area contributed by atoms with Crippen LogP contribution in [0.5, 0.6) is 0 Å². The van der Waals surface area contributed by atoms with Crippen LogP contribution in [0.3, 0.4) is 0 Å². The Morgan fingerprint density at radius 3 is 2.36 bits per heavy atom. The van der Waals surface area contributed by atoms with E-state index in [4.69, 9.17) is 9.47 Å². The van der Waals surface area contributed by atoms with E-state index in [-0.39, 0.29) is 12.2 Å². The number of hydrogen-bond acceptors (Lipinski definition) is 3. The average Bonchev–Trinajstić information content (AvgIpc) is 2.15. The summed E-state index contributed by atoms with van der Waals surface area (Å²) in [5.41, 5.74) is 0. The van der Waals surface area contributed by atoms with E-state index in [0.29, 0.717) is 24.5 Å². The largest absolute Gasteiger partial charge is 0.382 e. The topological polar surface area (TPSA) is 30.5 Å². The molecule has 3 heteroatoms. The number of likely N-dealkylation sites (N-methyl/N-ethyl adjacent to an activating group) is 1. The first-order valence-corrected chi connectivity index (χ1v) is 5.43. The summed E-state index contributed by atoms with van der Waals surface area (Å²) in [6, 6.07) is 0.457. The van der Waals surface area contributed by atoms with E-state index in [1.165, 1.54) is 0 Å². The lowest BCUT2D eigenvalue weighted by Crippen LogP contribution is -2.54. The number of hydrogen-bond donors (Lipinski definition) is 1. The molecule has 0 aliphatic carbocycles. The van der Waals surface area contributed by atoms with Gasteiger partial charge >= 0.3 is 0 Å². The second kappa shape index (κ2) is 5.10. The molecule has 0 radical (unpaired) electrons. The van der Waals surface area contributed by atoms with E-state index in [9.17, 15) is 0 Å². The molecule has 0 bridgehead atoms. The molecule has 1 aliphatic rings. The lowest BCUT2D eigenvalue weighted by Gasteiger charge is -2.43. The molecule has 2 unspecified atom stereocenters. The highest BCUT2D eigenvalue weighted by atomic mass is 16.5. The molecule has 1 fully saturated rings. The van der Waals surface area contributed by atoms with Gasteiger partial charge < -0.3 is 14.8 Å². The number of ether oxygens (including phenoxy) is 2. The van der Waals surface area contributed by atoms with Gasteiger partial charge in [-0.1, -0.05) is 13.8 Å². The van der Waals surface area contributed by atoms with E-state index >= 15 is 0 Å². The Balaban J connectivity index is 2.62. The summed E-state index contributed by atoms with van der Waals surface area (Å²) in [5.74, 6) is 1.17. The minimum Gasteiger partial charge on any atom is -0.382 e. The van der Waals surface area contributed by atoms with E-state index in [1.54, 1.807) is 7.11 Å². The zero-order valence-electron chi connectivity index (χ0n) is 9.91. The zero-order chi connectivity index (χ0) is 10.7. The molecule has 1 N–H and O–H groups in total. The van der Waals surface area contributed by atoms with Crippen LogP contribution in [0.1, 0.15) is 20.8 Å². The Morgan fingerprint density at radius 1 is 1.21 bits per heavy atom. The molecule has 84 valence electrons. The highest BCUT2D eigenvalue weighted by molar-refractivity contribution is 4.89. The van der Waals surface area contributed by atoms with Crippen molar-refractivity contribution in [2.45, 2.75) is 39.0 Å². The van der Waals surface area contributed by atoms with E-state index in [0.717, 1.165) is 0 Å². The average molecular weight is 201 g/mol. The summed E-state index contributed by atoms with van der Waals surface area (Å²) in [4.78, 5) is 0. The van der Waals surface area contributed by atoms with Crippen LogP contribution in [0.2, 0.25) is 0 Å². The Labute approximate surface area is 87.2 Å². The Morgan fingerprint density at radius 2 is 1.86 bits per heavy atom. The summed E-state index contributed by atoms with van der Waals surface area (Å²) in [6.07, 6.45) is 0.515. The molecular formula is C11H23NO2. The number of nitrogens with one attached hydrogen (secondary N) is 1. The molecule has 0 aromatic heterocycles. The van der Waals surface area contributed by atoms with Gasteiger partial charge in [-0.25, -0.2) is 0 Å². The fourth-order valence-corrected chi connectivity index (χ4v) is 2.43. The van der Waals surface area contributed by atoms with Crippen LogP contribution in [0.15, 0.2) is 0 Å². The zero-order valence-corrected chi connectivity index (χ0v) is 9.91. The molecule has 0 spiro atoms. The smallest absolute Gasteiger partial charge is 0.0841 e. The first-order chi connectivity index (χ1) is 6.61. The lowest BCUT2D eigenvalue weighted by atomic mass is 9.80. The Bertz CT molecular complexity index is 173. The maximum atomic E-state index is 5.93. The van der Waals surface area contributed by atoms with Crippen LogP contribution in [0.25, 0.3) is 0 Å². The highest BCUT2D eigenvalue weighted by Gasteiger charge is 2.38. The van der Waals surface area contributed by atoms with Gasteiger partial charge in [0.1, 0.15) is 0 Å². The molecule has 1 saturated heterocycles. The van der Waals surface area contributed by atoms with E-state index in [1.807, 2.05) is 7.05 Å². The standard InChI is InChI=1S/C11H23NO2/c1-7-8(2)11(12-4)9(3)14-10(7)6-13-5/h7-12H,6H2,1-5H3/t7-,8-,9-,10?,11?/m0/s1. The van der Waals surface area contributed by atoms with Gasteiger partial charge in [0.05, 0.1) is 18.8 Å². The molecule has 0 amide bonds. The molecule has 1 heterocycles. The second-order valence-electron chi connectivity index (χ2n) is 4.37. The number of methoxy groups -OCH3 is 1. The van der Waals surface area contributed by atoms with Crippen molar-refractivity contribution in [1.29, 1.82) is 0 Å². The predicted molar refractivity (Wildman–Crippen MR) is 57.4 cm³/mol. The maximum absolute atomic E-state index is 5.93. The van der Waals surface area contributed by atoms with E-state index < -0.39 is 0 Å². The third kappa shape index (κ3) is 2.27. The third-order valence-electron chi connectivity index (χ3n) is 3.54. The molecular weight excluding hydrogens is 178 g/mol. The molecule has 0 aromatic carbocycles. The monoisotopic (exact) mass is 201 g/mol.